The minimum absolute atomic E-state index is 0.568. The highest BCUT2D eigenvalue weighted by Gasteiger charge is 2.30. The maximum Gasteiger partial charge on any atom is 0.106 e. The van der Waals surface area contributed by atoms with Gasteiger partial charge in [-0.1, -0.05) is 25.3 Å². The minimum Gasteiger partial charge on any atom is -0.314 e. The Labute approximate surface area is 130 Å². The van der Waals surface area contributed by atoms with Crippen molar-refractivity contribution in [2.24, 2.45) is 5.92 Å². The Hall–Kier alpha value is -0.450. The predicted octanol–water partition coefficient (Wildman–Crippen LogP) is 3.37. The fourth-order valence-corrected chi connectivity index (χ4v) is 3.99. The molecule has 1 aliphatic heterocycles. The smallest absolute Gasteiger partial charge is 0.106 e. The van der Waals surface area contributed by atoms with E-state index in [1.54, 1.807) is 0 Å². The summed E-state index contributed by atoms with van der Waals surface area (Å²) < 4.78 is 0.934. The molecule has 1 atom stereocenters. The number of piperazine rings is 1. The van der Waals surface area contributed by atoms with Gasteiger partial charge in [0.1, 0.15) is 4.60 Å². The molecule has 0 bridgehead atoms. The van der Waals surface area contributed by atoms with Crippen LogP contribution in [0.3, 0.4) is 0 Å². The van der Waals surface area contributed by atoms with Crippen LogP contribution in [-0.2, 0) is 0 Å². The van der Waals surface area contributed by atoms with E-state index in [0.29, 0.717) is 6.04 Å². The number of halogens is 1. The summed E-state index contributed by atoms with van der Waals surface area (Å²) in [7, 11) is 0. The van der Waals surface area contributed by atoms with Gasteiger partial charge in [-0.2, -0.15) is 0 Å². The molecule has 3 rings (SSSR count). The first kappa shape index (κ1) is 14.5. The summed E-state index contributed by atoms with van der Waals surface area (Å²) in [6.07, 6.45) is 9.05. The van der Waals surface area contributed by atoms with Crippen LogP contribution in [0.15, 0.2) is 22.9 Å². The van der Waals surface area contributed by atoms with Gasteiger partial charge in [-0.25, -0.2) is 4.98 Å². The monoisotopic (exact) mass is 337 g/mol. The van der Waals surface area contributed by atoms with Gasteiger partial charge in [-0.3, -0.25) is 4.90 Å². The number of pyridine rings is 1. The van der Waals surface area contributed by atoms with Gasteiger partial charge < -0.3 is 5.32 Å². The van der Waals surface area contributed by atoms with Crippen molar-refractivity contribution in [3.63, 3.8) is 0 Å². The lowest BCUT2D eigenvalue weighted by molar-refractivity contribution is 0.103. The topological polar surface area (TPSA) is 28.2 Å². The molecule has 1 saturated carbocycles. The molecule has 3 nitrogen and oxygen atoms in total. The number of hydrogen-bond acceptors (Lipinski definition) is 3. The third-order valence-electron chi connectivity index (χ3n) is 4.73. The van der Waals surface area contributed by atoms with Crippen LogP contribution in [-0.4, -0.2) is 36.1 Å². The maximum absolute atomic E-state index is 4.46. The van der Waals surface area contributed by atoms with E-state index in [1.165, 1.54) is 37.7 Å². The largest absolute Gasteiger partial charge is 0.314 e. The van der Waals surface area contributed by atoms with Crippen LogP contribution in [0, 0.1) is 5.92 Å². The van der Waals surface area contributed by atoms with Gasteiger partial charge >= 0.3 is 0 Å². The molecule has 2 fully saturated rings. The summed E-state index contributed by atoms with van der Waals surface area (Å²) in [5.41, 5.74) is 1.40. The van der Waals surface area contributed by atoms with Crippen LogP contribution < -0.4 is 5.32 Å². The molecule has 110 valence electrons. The van der Waals surface area contributed by atoms with E-state index in [-0.39, 0.29) is 0 Å². The first-order chi connectivity index (χ1) is 9.84. The molecule has 0 unspecified atom stereocenters. The van der Waals surface area contributed by atoms with E-state index in [0.717, 1.165) is 36.7 Å². The maximum atomic E-state index is 4.46. The van der Waals surface area contributed by atoms with E-state index in [1.807, 2.05) is 0 Å². The van der Waals surface area contributed by atoms with E-state index < -0.39 is 0 Å². The van der Waals surface area contributed by atoms with Gasteiger partial charge in [-0.15, -0.1) is 0 Å². The number of rotatable bonds is 3. The van der Waals surface area contributed by atoms with Crippen molar-refractivity contribution in [1.82, 2.24) is 15.2 Å². The Balaban J connectivity index is 1.83. The molecule has 2 heterocycles. The highest BCUT2D eigenvalue weighted by molar-refractivity contribution is 9.10. The second-order valence-electron chi connectivity index (χ2n) is 6.04. The first-order valence-corrected chi connectivity index (χ1v) is 8.70. The summed E-state index contributed by atoms with van der Waals surface area (Å²) in [4.78, 5) is 7.14. The van der Waals surface area contributed by atoms with Crippen LogP contribution >= 0.6 is 15.9 Å². The molecule has 4 heteroatoms. The van der Waals surface area contributed by atoms with E-state index >= 15 is 0 Å². The Morgan fingerprint density at radius 3 is 2.55 bits per heavy atom. The second kappa shape index (κ2) is 7.01. The molecule has 0 amide bonds. The molecule has 0 spiro atoms. The zero-order valence-electron chi connectivity index (χ0n) is 12.0. The highest BCUT2D eigenvalue weighted by Crippen LogP contribution is 2.38. The lowest BCUT2D eigenvalue weighted by atomic mass is 9.80. The Morgan fingerprint density at radius 1 is 1.15 bits per heavy atom. The Kier molecular flexibility index (Phi) is 5.08. The second-order valence-corrected chi connectivity index (χ2v) is 6.86. The summed E-state index contributed by atoms with van der Waals surface area (Å²) in [6, 6.07) is 4.92. The molecule has 2 aliphatic rings. The van der Waals surface area contributed by atoms with Gasteiger partial charge in [0, 0.05) is 38.4 Å². The standard InChI is InChI=1S/C16H24BrN3/c17-15-7-6-14(12-19-15)16(13-4-2-1-3-5-13)20-10-8-18-9-11-20/h6-7,12-13,16,18H,1-5,8-11H2/t16-/m1/s1. The number of aromatic nitrogens is 1. The van der Waals surface area contributed by atoms with Crippen LogP contribution in [0.4, 0.5) is 0 Å². The van der Waals surface area contributed by atoms with Gasteiger partial charge in [-0.05, 0) is 46.3 Å². The normalized spacial score (nSPS) is 23.6. The zero-order chi connectivity index (χ0) is 13.8. The molecule has 0 radical (unpaired) electrons. The van der Waals surface area contributed by atoms with Crippen molar-refractivity contribution in [3.05, 3.63) is 28.5 Å². The van der Waals surface area contributed by atoms with Crippen LogP contribution in [0.5, 0.6) is 0 Å². The lowest BCUT2D eigenvalue weighted by Gasteiger charge is -2.41. The molecule has 0 aromatic carbocycles. The predicted molar refractivity (Wildman–Crippen MR) is 85.7 cm³/mol. The SMILES string of the molecule is Brc1ccc([C@@H](C2CCCCC2)N2CCNCC2)cn1. The average molecular weight is 338 g/mol. The van der Waals surface area contributed by atoms with Crippen molar-refractivity contribution in [1.29, 1.82) is 0 Å². The van der Waals surface area contributed by atoms with Gasteiger partial charge in [0.15, 0.2) is 0 Å². The van der Waals surface area contributed by atoms with Crippen molar-refractivity contribution < 1.29 is 0 Å². The third kappa shape index (κ3) is 3.41. The summed E-state index contributed by atoms with van der Waals surface area (Å²) >= 11 is 3.45. The molecule has 1 aromatic heterocycles. The van der Waals surface area contributed by atoms with Crippen molar-refractivity contribution in [2.45, 2.75) is 38.1 Å². The summed E-state index contributed by atoms with van der Waals surface area (Å²) in [6.45, 7) is 4.56. The zero-order valence-corrected chi connectivity index (χ0v) is 13.6. The molecule has 1 saturated heterocycles. The van der Waals surface area contributed by atoms with Crippen molar-refractivity contribution in [2.75, 3.05) is 26.2 Å². The fraction of sp³-hybridized carbons (Fsp3) is 0.688. The lowest BCUT2D eigenvalue weighted by Crippen LogP contribution is -2.47. The van der Waals surface area contributed by atoms with Crippen LogP contribution in [0.25, 0.3) is 0 Å². The van der Waals surface area contributed by atoms with Crippen LogP contribution in [0.2, 0.25) is 0 Å². The number of nitrogens with one attached hydrogen (secondary N) is 1. The Morgan fingerprint density at radius 2 is 1.90 bits per heavy atom. The molecular weight excluding hydrogens is 314 g/mol. The van der Waals surface area contributed by atoms with Crippen molar-refractivity contribution >= 4 is 15.9 Å². The average Bonchev–Trinajstić information content (AvgIpc) is 2.52. The summed E-state index contributed by atoms with van der Waals surface area (Å²) in [5, 5.41) is 3.47. The van der Waals surface area contributed by atoms with Gasteiger partial charge in [0.05, 0.1) is 0 Å². The fourth-order valence-electron chi connectivity index (χ4n) is 3.75. The van der Waals surface area contributed by atoms with Crippen molar-refractivity contribution in [3.8, 4) is 0 Å². The Bertz CT molecular complexity index is 390. The molecule has 1 N–H and O–H groups in total. The van der Waals surface area contributed by atoms with E-state index in [4.69, 9.17) is 0 Å². The number of nitrogens with zero attached hydrogens (tertiary/aromatic N) is 2. The summed E-state index contributed by atoms with van der Waals surface area (Å²) in [5.74, 6) is 0.810. The molecule has 1 aromatic rings. The van der Waals surface area contributed by atoms with E-state index in [9.17, 15) is 0 Å². The van der Waals surface area contributed by atoms with Gasteiger partial charge in [0.2, 0.25) is 0 Å². The number of hydrogen-bond donors (Lipinski definition) is 1. The van der Waals surface area contributed by atoms with E-state index in [2.05, 4.69) is 49.5 Å². The minimum atomic E-state index is 0.568. The first-order valence-electron chi connectivity index (χ1n) is 7.91. The van der Waals surface area contributed by atoms with Gasteiger partial charge in [0.25, 0.3) is 0 Å². The molecule has 20 heavy (non-hydrogen) atoms. The molecule has 1 aliphatic carbocycles. The molecular formula is C16H24BrN3. The quantitative estimate of drug-likeness (QED) is 0.857. The third-order valence-corrected chi connectivity index (χ3v) is 5.20. The highest BCUT2D eigenvalue weighted by atomic mass is 79.9. The van der Waals surface area contributed by atoms with Crippen LogP contribution in [0.1, 0.15) is 43.7 Å².